The molecule has 4 heterocycles. The van der Waals surface area contributed by atoms with Crippen molar-refractivity contribution in [3.63, 3.8) is 0 Å². The summed E-state index contributed by atoms with van der Waals surface area (Å²) in [5, 5.41) is 11.9. The van der Waals surface area contributed by atoms with Crippen molar-refractivity contribution in [3.8, 4) is 17.4 Å². The number of hydrogen-bond donors (Lipinski definition) is 1. The molecule has 1 amide bonds. The molecule has 1 aromatic heterocycles. The Morgan fingerprint density at radius 3 is 2.62 bits per heavy atom. The van der Waals surface area contributed by atoms with E-state index in [9.17, 15) is 9.90 Å². The van der Waals surface area contributed by atoms with Gasteiger partial charge in [0.05, 0.1) is 18.8 Å². The molecule has 2 saturated heterocycles. The molecular weight excluding hydrogens is 554 g/mol. The summed E-state index contributed by atoms with van der Waals surface area (Å²) in [4.78, 5) is 21.4. The smallest absolute Gasteiger partial charge is 0.260 e. The lowest BCUT2D eigenvalue weighted by molar-refractivity contribution is -0.137. The molecule has 0 unspecified atom stereocenters. The van der Waals surface area contributed by atoms with Crippen molar-refractivity contribution in [2.45, 2.75) is 31.3 Å². The highest BCUT2D eigenvalue weighted by molar-refractivity contribution is 6.30. The first-order valence-corrected chi connectivity index (χ1v) is 15.0. The van der Waals surface area contributed by atoms with Crippen LogP contribution in [0, 0.1) is 0 Å². The van der Waals surface area contributed by atoms with E-state index >= 15 is 0 Å². The highest BCUT2D eigenvalue weighted by Gasteiger charge is 2.33. The van der Waals surface area contributed by atoms with Crippen molar-refractivity contribution < 1.29 is 24.1 Å². The summed E-state index contributed by atoms with van der Waals surface area (Å²) in [6.07, 6.45) is 6.81. The van der Waals surface area contributed by atoms with Crippen LogP contribution in [0.5, 0.6) is 17.4 Å². The van der Waals surface area contributed by atoms with Gasteiger partial charge in [0, 0.05) is 61.5 Å². The molecule has 6 rings (SSSR count). The van der Waals surface area contributed by atoms with Crippen LogP contribution in [-0.2, 0) is 21.6 Å². The van der Waals surface area contributed by atoms with Crippen LogP contribution in [0.1, 0.15) is 36.0 Å². The minimum atomic E-state index is -0.813. The van der Waals surface area contributed by atoms with Crippen molar-refractivity contribution in [3.05, 3.63) is 88.6 Å². The predicted molar refractivity (Wildman–Crippen MR) is 161 cm³/mol. The fourth-order valence-electron chi connectivity index (χ4n) is 5.90. The first kappa shape index (κ1) is 28.7. The van der Waals surface area contributed by atoms with Crippen LogP contribution >= 0.6 is 11.6 Å². The summed E-state index contributed by atoms with van der Waals surface area (Å²) in [5.74, 6) is 1.85. The summed E-state index contributed by atoms with van der Waals surface area (Å²) in [7, 11) is 0. The lowest BCUT2D eigenvalue weighted by atomic mass is 9.84. The number of amides is 1. The molecule has 0 bridgehead atoms. The molecule has 1 N–H and O–H groups in total. The Hall–Kier alpha value is -3.43. The number of hydrogen-bond acceptors (Lipinski definition) is 7. The average molecular weight is 590 g/mol. The topological polar surface area (TPSA) is 84.4 Å². The number of fused-ring (bicyclic) bond motifs is 2. The van der Waals surface area contributed by atoms with Crippen LogP contribution in [0.15, 0.2) is 66.9 Å². The third-order valence-corrected chi connectivity index (χ3v) is 8.65. The van der Waals surface area contributed by atoms with Gasteiger partial charge in [0.2, 0.25) is 5.88 Å². The quantitative estimate of drug-likeness (QED) is 0.411. The Kier molecular flexibility index (Phi) is 8.76. The van der Waals surface area contributed by atoms with Crippen molar-refractivity contribution in [2.75, 3.05) is 52.5 Å². The summed E-state index contributed by atoms with van der Waals surface area (Å²) in [6, 6.07) is 17.2. The Morgan fingerprint density at radius 1 is 1.05 bits per heavy atom. The zero-order valence-electron chi connectivity index (χ0n) is 23.6. The third kappa shape index (κ3) is 6.47. The Morgan fingerprint density at radius 2 is 1.83 bits per heavy atom. The van der Waals surface area contributed by atoms with Crippen LogP contribution in [0.25, 0.3) is 5.57 Å². The third-order valence-electron chi connectivity index (χ3n) is 8.40. The van der Waals surface area contributed by atoms with Gasteiger partial charge in [-0.05, 0) is 66.8 Å². The van der Waals surface area contributed by atoms with Crippen LogP contribution in [-0.4, -0.2) is 78.3 Å². The molecule has 42 heavy (non-hydrogen) atoms. The first-order valence-electron chi connectivity index (χ1n) is 14.6. The molecule has 0 spiro atoms. The molecule has 2 fully saturated rings. The number of carbonyl (C=O) groups excluding carboxylic acids is 1. The average Bonchev–Trinajstić information content (AvgIpc) is 3.18. The monoisotopic (exact) mass is 589 g/mol. The van der Waals surface area contributed by atoms with Crippen LogP contribution in [0.3, 0.4) is 0 Å². The molecular formula is C33H36ClN3O5. The summed E-state index contributed by atoms with van der Waals surface area (Å²) >= 11 is 6.04. The fourth-order valence-corrected chi connectivity index (χ4v) is 6.03. The number of ether oxygens (including phenoxy) is 3. The molecule has 0 radical (unpaired) electrons. The number of aromatic nitrogens is 1. The van der Waals surface area contributed by atoms with Crippen LogP contribution in [0.4, 0.5) is 0 Å². The van der Waals surface area contributed by atoms with Crippen molar-refractivity contribution in [2.24, 2.45) is 0 Å². The lowest BCUT2D eigenvalue weighted by Crippen LogP contribution is -2.43. The number of nitrogens with zero attached hydrogens (tertiary/aromatic N) is 3. The second-order valence-electron chi connectivity index (χ2n) is 11.0. The van der Waals surface area contributed by atoms with Gasteiger partial charge in [-0.1, -0.05) is 35.9 Å². The van der Waals surface area contributed by atoms with E-state index in [4.69, 9.17) is 25.8 Å². The standard InChI is InChI=1S/C33H36ClN3O5/c34-26-10-8-25(9-11-26)33(39)12-16-36(17-13-33)15-3-4-24-22-28-29(41-23-31(38)37-18-20-40-21-19-37)6-1-7-30(28)42-32-27(24)5-2-14-35-32/h1-2,4-11,14,39H,3,12-13,15-23H2. The number of rotatable bonds is 7. The highest BCUT2D eigenvalue weighted by atomic mass is 35.5. The van der Waals surface area contributed by atoms with Gasteiger partial charge in [0.15, 0.2) is 6.61 Å². The maximum atomic E-state index is 12.7. The van der Waals surface area contributed by atoms with Gasteiger partial charge in [-0.2, -0.15) is 0 Å². The van der Waals surface area contributed by atoms with Gasteiger partial charge < -0.3 is 29.1 Å². The molecule has 220 valence electrons. The normalized spacial score (nSPS) is 19.4. The largest absolute Gasteiger partial charge is 0.483 e. The first-order chi connectivity index (χ1) is 20.5. The zero-order chi connectivity index (χ0) is 28.9. The van der Waals surface area contributed by atoms with Gasteiger partial charge >= 0.3 is 0 Å². The van der Waals surface area contributed by atoms with E-state index in [1.54, 1.807) is 11.1 Å². The maximum Gasteiger partial charge on any atom is 0.260 e. The number of likely N-dealkylation sites (tertiary alicyclic amines) is 1. The van der Waals surface area contributed by atoms with Gasteiger partial charge in [0.1, 0.15) is 11.5 Å². The number of pyridine rings is 1. The molecule has 0 aliphatic carbocycles. The number of halogens is 1. The van der Waals surface area contributed by atoms with Gasteiger partial charge in [-0.3, -0.25) is 4.79 Å². The number of benzene rings is 2. The summed E-state index contributed by atoms with van der Waals surface area (Å²) in [5.41, 5.74) is 3.09. The van der Waals surface area contributed by atoms with Crippen molar-refractivity contribution >= 4 is 23.1 Å². The van der Waals surface area contributed by atoms with Gasteiger partial charge in [0.25, 0.3) is 5.91 Å². The van der Waals surface area contributed by atoms with E-state index in [-0.39, 0.29) is 12.5 Å². The highest BCUT2D eigenvalue weighted by Crippen LogP contribution is 2.41. The maximum absolute atomic E-state index is 12.7. The second-order valence-corrected chi connectivity index (χ2v) is 11.5. The SMILES string of the molecule is O=C(COc1cccc2c1CC(=CCCN1CCC(O)(c3ccc(Cl)cc3)CC1)c1cccnc1O2)N1CCOCC1. The minimum absolute atomic E-state index is 0.0297. The van der Waals surface area contributed by atoms with E-state index in [0.717, 1.165) is 48.3 Å². The molecule has 0 atom stereocenters. The molecule has 0 saturated carbocycles. The number of aliphatic hydroxyl groups is 1. The molecule has 3 aliphatic rings. The van der Waals surface area contributed by atoms with Crippen molar-refractivity contribution in [1.29, 1.82) is 0 Å². The Balaban J connectivity index is 1.13. The molecule has 3 aliphatic heterocycles. The number of morpholine rings is 1. The molecule has 2 aromatic carbocycles. The second kappa shape index (κ2) is 12.8. The van der Waals surface area contributed by atoms with Gasteiger partial charge in [-0.15, -0.1) is 0 Å². The fraction of sp³-hybridized carbons (Fsp3) is 0.394. The van der Waals surface area contributed by atoms with E-state index in [0.29, 0.717) is 68.0 Å². The van der Waals surface area contributed by atoms with Gasteiger partial charge in [-0.25, -0.2) is 4.98 Å². The van der Waals surface area contributed by atoms with Crippen molar-refractivity contribution in [1.82, 2.24) is 14.8 Å². The molecule has 8 nitrogen and oxygen atoms in total. The minimum Gasteiger partial charge on any atom is -0.483 e. The summed E-state index contributed by atoms with van der Waals surface area (Å²) in [6.45, 7) is 4.78. The van der Waals surface area contributed by atoms with Crippen LogP contribution < -0.4 is 9.47 Å². The zero-order valence-corrected chi connectivity index (χ0v) is 24.4. The van der Waals surface area contributed by atoms with Crippen LogP contribution in [0.2, 0.25) is 5.02 Å². The van der Waals surface area contributed by atoms with E-state index in [2.05, 4.69) is 16.0 Å². The lowest BCUT2D eigenvalue weighted by Gasteiger charge is -2.38. The number of allylic oxidation sites excluding steroid dienone is 1. The Labute approximate surface area is 251 Å². The Bertz CT molecular complexity index is 1430. The van der Waals surface area contributed by atoms with E-state index in [1.807, 2.05) is 54.6 Å². The predicted octanol–water partition coefficient (Wildman–Crippen LogP) is 5.08. The van der Waals surface area contributed by atoms with E-state index in [1.165, 1.54) is 0 Å². The molecule has 3 aromatic rings. The summed E-state index contributed by atoms with van der Waals surface area (Å²) < 4.78 is 17.7. The van der Waals surface area contributed by atoms with E-state index < -0.39 is 5.60 Å². The molecule has 9 heteroatoms. The number of carbonyl (C=O) groups is 1. The number of piperidine rings is 1.